The van der Waals surface area contributed by atoms with Gasteiger partial charge in [-0.05, 0) is 38.5 Å². The summed E-state index contributed by atoms with van der Waals surface area (Å²) in [5, 5.41) is 3.54. The molecule has 108 valence electrons. The van der Waals surface area contributed by atoms with E-state index in [9.17, 15) is 8.42 Å². The normalized spacial score (nSPS) is 30.4. The smallest absolute Gasteiger partial charge is 0.209 e. The molecule has 0 aromatic carbocycles. The van der Waals surface area contributed by atoms with Gasteiger partial charge in [0.05, 0.1) is 6.26 Å². The molecule has 0 heterocycles. The van der Waals surface area contributed by atoms with Crippen molar-refractivity contribution in [2.75, 3.05) is 12.8 Å². The summed E-state index contributed by atoms with van der Waals surface area (Å²) >= 11 is 0. The zero-order valence-electron chi connectivity index (χ0n) is 12.3. The SMILES string of the molecule is CC1CCC(C)C(NCC(C)(C)NS(C)(=O)=O)C1. The van der Waals surface area contributed by atoms with Crippen molar-refractivity contribution in [1.29, 1.82) is 0 Å². The molecule has 0 amide bonds. The van der Waals surface area contributed by atoms with Crippen molar-refractivity contribution in [3.05, 3.63) is 0 Å². The molecule has 0 aliphatic heterocycles. The summed E-state index contributed by atoms with van der Waals surface area (Å²) in [6.07, 6.45) is 4.97. The van der Waals surface area contributed by atoms with Crippen LogP contribution in [-0.4, -0.2) is 32.8 Å². The molecule has 5 heteroatoms. The van der Waals surface area contributed by atoms with Gasteiger partial charge in [0.15, 0.2) is 0 Å². The fourth-order valence-corrected chi connectivity index (χ4v) is 3.82. The Kier molecular flexibility index (Phi) is 5.21. The molecule has 0 aromatic heterocycles. The van der Waals surface area contributed by atoms with Gasteiger partial charge in [0.1, 0.15) is 0 Å². The predicted octanol–water partition coefficient (Wildman–Crippen LogP) is 1.73. The molecule has 1 saturated carbocycles. The number of hydrogen-bond donors (Lipinski definition) is 2. The van der Waals surface area contributed by atoms with Gasteiger partial charge in [0, 0.05) is 18.1 Å². The highest BCUT2D eigenvalue weighted by molar-refractivity contribution is 7.88. The Morgan fingerprint density at radius 2 is 1.83 bits per heavy atom. The van der Waals surface area contributed by atoms with E-state index in [0.29, 0.717) is 18.5 Å². The van der Waals surface area contributed by atoms with E-state index in [1.54, 1.807) is 0 Å². The predicted molar refractivity (Wildman–Crippen MR) is 76.0 cm³/mol. The molecule has 2 N–H and O–H groups in total. The zero-order chi connectivity index (χ0) is 14.0. The van der Waals surface area contributed by atoms with E-state index in [2.05, 4.69) is 23.9 Å². The van der Waals surface area contributed by atoms with Crippen molar-refractivity contribution in [3.63, 3.8) is 0 Å². The first-order valence-corrected chi connectivity index (χ1v) is 8.70. The van der Waals surface area contributed by atoms with Crippen LogP contribution < -0.4 is 10.0 Å². The topological polar surface area (TPSA) is 58.2 Å². The van der Waals surface area contributed by atoms with Crippen LogP contribution in [0, 0.1) is 11.8 Å². The molecule has 4 nitrogen and oxygen atoms in total. The first-order chi connectivity index (χ1) is 8.09. The van der Waals surface area contributed by atoms with E-state index in [1.165, 1.54) is 25.5 Å². The molecule has 0 bridgehead atoms. The largest absolute Gasteiger partial charge is 0.312 e. The molecule has 18 heavy (non-hydrogen) atoms. The van der Waals surface area contributed by atoms with E-state index in [4.69, 9.17) is 0 Å². The van der Waals surface area contributed by atoms with Crippen LogP contribution in [0.4, 0.5) is 0 Å². The minimum absolute atomic E-state index is 0.437. The summed E-state index contributed by atoms with van der Waals surface area (Å²) in [5.41, 5.74) is -0.437. The lowest BCUT2D eigenvalue weighted by Crippen LogP contribution is -2.53. The summed E-state index contributed by atoms with van der Waals surface area (Å²) < 4.78 is 25.2. The standard InChI is InChI=1S/C13H28N2O2S/c1-10-6-7-11(2)12(8-10)14-9-13(3,4)15-18(5,16)17/h10-12,14-15H,6-9H2,1-5H3. The Labute approximate surface area is 112 Å². The number of nitrogens with one attached hydrogen (secondary N) is 2. The Balaban J connectivity index is 2.48. The Hall–Kier alpha value is -0.130. The van der Waals surface area contributed by atoms with Gasteiger partial charge >= 0.3 is 0 Å². The van der Waals surface area contributed by atoms with Crippen LogP contribution in [0.25, 0.3) is 0 Å². The number of sulfonamides is 1. The maximum absolute atomic E-state index is 11.3. The number of rotatable bonds is 5. The third kappa shape index (κ3) is 5.67. The monoisotopic (exact) mass is 276 g/mol. The van der Waals surface area contributed by atoms with Crippen molar-refractivity contribution in [3.8, 4) is 0 Å². The average Bonchev–Trinajstić information content (AvgIpc) is 2.16. The van der Waals surface area contributed by atoms with Gasteiger partial charge in [0.2, 0.25) is 10.0 Å². The lowest BCUT2D eigenvalue weighted by Gasteiger charge is -2.36. The second-order valence-electron chi connectivity index (χ2n) is 6.64. The van der Waals surface area contributed by atoms with Gasteiger partial charge in [-0.25, -0.2) is 13.1 Å². The zero-order valence-corrected chi connectivity index (χ0v) is 13.1. The Morgan fingerprint density at radius 1 is 1.22 bits per heavy atom. The second kappa shape index (κ2) is 5.88. The van der Waals surface area contributed by atoms with E-state index in [1.807, 2.05) is 13.8 Å². The van der Waals surface area contributed by atoms with Crippen LogP contribution in [0.1, 0.15) is 47.0 Å². The van der Waals surface area contributed by atoms with Crippen LogP contribution in [0.5, 0.6) is 0 Å². The molecule has 0 spiro atoms. The summed E-state index contributed by atoms with van der Waals surface area (Å²) in [5.74, 6) is 1.44. The van der Waals surface area contributed by atoms with E-state index in [-0.39, 0.29) is 0 Å². The van der Waals surface area contributed by atoms with E-state index >= 15 is 0 Å². The van der Waals surface area contributed by atoms with Crippen LogP contribution >= 0.6 is 0 Å². The van der Waals surface area contributed by atoms with Crippen molar-refractivity contribution < 1.29 is 8.42 Å². The molecule has 3 atom stereocenters. The second-order valence-corrected chi connectivity index (χ2v) is 8.39. The van der Waals surface area contributed by atoms with Crippen molar-refractivity contribution in [1.82, 2.24) is 10.0 Å². The molecule has 0 radical (unpaired) electrons. The van der Waals surface area contributed by atoms with E-state index < -0.39 is 15.6 Å². The van der Waals surface area contributed by atoms with Gasteiger partial charge in [-0.2, -0.15) is 0 Å². The lowest BCUT2D eigenvalue weighted by atomic mass is 9.80. The highest BCUT2D eigenvalue weighted by Crippen LogP contribution is 2.28. The minimum atomic E-state index is -3.15. The highest BCUT2D eigenvalue weighted by Gasteiger charge is 2.28. The quantitative estimate of drug-likeness (QED) is 0.804. The van der Waals surface area contributed by atoms with Crippen LogP contribution in [0.3, 0.4) is 0 Å². The summed E-state index contributed by atoms with van der Waals surface area (Å²) in [6.45, 7) is 9.07. The summed E-state index contributed by atoms with van der Waals surface area (Å²) in [6, 6.07) is 0.509. The number of hydrogen-bond acceptors (Lipinski definition) is 3. The van der Waals surface area contributed by atoms with Gasteiger partial charge in [0.25, 0.3) is 0 Å². The van der Waals surface area contributed by atoms with Crippen molar-refractivity contribution >= 4 is 10.0 Å². The maximum atomic E-state index is 11.3. The molecular formula is C13H28N2O2S. The molecule has 0 aromatic rings. The first-order valence-electron chi connectivity index (χ1n) is 6.81. The van der Waals surface area contributed by atoms with Crippen LogP contribution in [0.15, 0.2) is 0 Å². The molecular weight excluding hydrogens is 248 g/mol. The fourth-order valence-electron chi connectivity index (χ4n) is 2.74. The average molecular weight is 276 g/mol. The Bertz CT molecular complexity index is 365. The summed E-state index contributed by atoms with van der Waals surface area (Å²) in [7, 11) is -3.15. The van der Waals surface area contributed by atoms with Crippen molar-refractivity contribution in [2.24, 2.45) is 11.8 Å². The third-order valence-electron chi connectivity index (χ3n) is 3.73. The maximum Gasteiger partial charge on any atom is 0.209 e. The van der Waals surface area contributed by atoms with Crippen LogP contribution in [0.2, 0.25) is 0 Å². The molecule has 0 saturated heterocycles. The van der Waals surface area contributed by atoms with Crippen molar-refractivity contribution in [2.45, 2.75) is 58.5 Å². The Morgan fingerprint density at radius 3 is 2.39 bits per heavy atom. The third-order valence-corrected chi connectivity index (χ3v) is 4.65. The summed E-state index contributed by atoms with van der Waals surface area (Å²) in [4.78, 5) is 0. The van der Waals surface area contributed by atoms with Gasteiger partial charge in [-0.15, -0.1) is 0 Å². The van der Waals surface area contributed by atoms with Crippen LogP contribution in [-0.2, 0) is 10.0 Å². The van der Waals surface area contributed by atoms with E-state index in [0.717, 1.165) is 5.92 Å². The van der Waals surface area contributed by atoms with Gasteiger partial charge < -0.3 is 5.32 Å². The van der Waals surface area contributed by atoms with Gasteiger partial charge in [-0.3, -0.25) is 0 Å². The molecule has 1 aliphatic carbocycles. The first kappa shape index (κ1) is 15.9. The fraction of sp³-hybridized carbons (Fsp3) is 1.00. The molecule has 1 rings (SSSR count). The minimum Gasteiger partial charge on any atom is -0.312 e. The lowest BCUT2D eigenvalue weighted by molar-refractivity contribution is 0.217. The molecule has 3 unspecified atom stereocenters. The molecule has 1 aliphatic rings. The molecule has 1 fully saturated rings. The highest BCUT2D eigenvalue weighted by atomic mass is 32.2. The van der Waals surface area contributed by atoms with Gasteiger partial charge in [-0.1, -0.05) is 20.3 Å².